The normalized spacial score (nSPS) is 13.2. The minimum absolute atomic E-state index is 0.0796. The highest BCUT2D eigenvalue weighted by Crippen LogP contribution is 2.28. The van der Waals surface area contributed by atoms with Crippen LogP contribution in [0.4, 0.5) is 4.39 Å². The lowest BCUT2D eigenvalue weighted by atomic mass is 9.76. The monoisotopic (exact) mass is 336 g/mol. The van der Waals surface area contributed by atoms with Crippen LogP contribution in [0.3, 0.4) is 0 Å². The molecule has 4 heteroatoms. The van der Waals surface area contributed by atoms with Crippen LogP contribution in [0.1, 0.15) is 25.0 Å². The van der Waals surface area contributed by atoms with Crippen molar-refractivity contribution in [2.45, 2.75) is 31.7 Å². The summed E-state index contributed by atoms with van der Waals surface area (Å²) in [6.45, 7) is 4.16. The minimum Gasteiger partial charge on any atom is -0.327 e. The molecule has 2 aromatic rings. The Bertz CT molecular complexity index is 581. The summed E-state index contributed by atoms with van der Waals surface area (Å²) >= 11 is 3.41. The van der Waals surface area contributed by atoms with Crippen molar-refractivity contribution in [3.8, 4) is 0 Å². The summed E-state index contributed by atoms with van der Waals surface area (Å²) in [6, 6.07) is 8.50. The molecule has 1 atom stereocenters. The van der Waals surface area contributed by atoms with Crippen molar-refractivity contribution in [2.24, 2.45) is 5.73 Å². The van der Waals surface area contributed by atoms with Crippen LogP contribution in [0.25, 0.3) is 0 Å². The summed E-state index contributed by atoms with van der Waals surface area (Å²) in [5, 5.41) is 0. The number of rotatable bonds is 4. The number of pyridine rings is 1. The zero-order valence-corrected chi connectivity index (χ0v) is 13.2. The van der Waals surface area contributed by atoms with Crippen molar-refractivity contribution < 1.29 is 4.39 Å². The Morgan fingerprint density at radius 1 is 1.25 bits per heavy atom. The van der Waals surface area contributed by atoms with Crippen LogP contribution in [-0.2, 0) is 11.8 Å². The molecule has 106 valence electrons. The fourth-order valence-electron chi connectivity index (χ4n) is 2.17. The molecule has 2 N–H and O–H groups in total. The summed E-state index contributed by atoms with van der Waals surface area (Å²) in [5.41, 5.74) is 8.25. The third kappa shape index (κ3) is 3.44. The standard InChI is InChI=1S/C16H18BrFN2/c1-16(2,12-3-5-14(18)6-4-12)15(19)8-11-7-13(17)10-20-9-11/h3-7,9-10,15H,8,19H2,1-2H3. The Hall–Kier alpha value is -1.26. The van der Waals surface area contributed by atoms with Gasteiger partial charge in [0.05, 0.1) is 0 Å². The molecule has 0 saturated carbocycles. The molecule has 1 heterocycles. The third-order valence-corrected chi connectivity index (χ3v) is 4.17. The largest absolute Gasteiger partial charge is 0.327 e. The van der Waals surface area contributed by atoms with Gasteiger partial charge in [-0.2, -0.15) is 0 Å². The molecule has 20 heavy (non-hydrogen) atoms. The molecule has 0 aliphatic rings. The van der Waals surface area contributed by atoms with Crippen molar-refractivity contribution in [1.82, 2.24) is 4.98 Å². The van der Waals surface area contributed by atoms with Gasteiger partial charge in [0, 0.05) is 28.3 Å². The SMILES string of the molecule is CC(C)(c1ccc(F)cc1)C(N)Cc1cncc(Br)c1. The van der Waals surface area contributed by atoms with Crippen molar-refractivity contribution in [2.75, 3.05) is 0 Å². The van der Waals surface area contributed by atoms with Gasteiger partial charge < -0.3 is 5.73 Å². The number of nitrogens with zero attached hydrogens (tertiary/aromatic N) is 1. The zero-order valence-electron chi connectivity index (χ0n) is 11.6. The first kappa shape index (κ1) is 15.1. The summed E-state index contributed by atoms with van der Waals surface area (Å²) in [4.78, 5) is 4.15. The number of halogens is 2. The van der Waals surface area contributed by atoms with E-state index in [4.69, 9.17) is 5.73 Å². The van der Waals surface area contributed by atoms with Crippen molar-refractivity contribution in [3.05, 3.63) is 64.1 Å². The minimum atomic E-state index is -0.240. The molecule has 0 spiro atoms. The van der Waals surface area contributed by atoms with Crippen LogP contribution in [-0.4, -0.2) is 11.0 Å². The first-order valence-corrected chi connectivity index (χ1v) is 7.30. The van der Waals surface area contributed by atoms with Crippen molar-refractivity contribution in [3.63, 3.8) is 0 Å². The van der Waals surface area contributed by atoms with E-state index in [2.05, 4.69) is 34.8 Å². The van der Waals surface area contributed by atoms with Crippen LogP contribution in [0, 0.1) is 5.82 Å². The lowest BCUT2D eigenvalue weighted by Gasteiger charge is -2.32. The molecule has 0 amide bonds. The Kier molecular flexibility index (Phi) is 4.55. The molecule has 1 aromatic carbocycles. The van der Waals surface area contributed by atoms with E-state index in [9.17, 15) is 4.39 Å². The molecule has 2 rings (SSSR count). The van der Waals surface area contributed by atoms with E-state index in [1.165, 1.54) is 12.1 Å². The van der Waals surface area contributed by atoms with Gasteiger partial charge in [0.1, 0.15) is 5.82 Å². The van der Waals surface area contributed by atoms with E-state index in [0.717, 1.165) is 22.0 Å². The van der Waals surface area contributed by atoms with Gasteiger partial charge in [-0.1, -0.05) is 26.0 Å². The van der Waals surface area contributed by atoms with E-state index in [1.54, 1.807) is 18.3 Å². The van der Waals surface area contributed by atoms with Gasteiger partial charge in [0.25, 0.3) is 0 Å². The number of aromatic nitrogens is 1. The molecule has 0 radical (unpaired) electrons. The Labute approximate surface area is 127 Å². The van der Waals surface area contributed by atoms with Crippen LogP contribution < -0.4 is 5.73 Å². The molecule has 2 nitrogen and oxygen atoms in total. The van der Waals surface area contributed by atoms with Gasteiger partial charge in [-0.25, -0.2) is 4.39 Å². The lowest BCUT2D eigenvalue weighted by Crippen LogP contribution is -2.42. The highest BCUT2D eigenvalue weighted by Gasteiger charge is 2.28. The molecular weight excluding hydrogens is 319 g/mol. The Balaban J connectivity index is 2.18. The number of benzene rings is 1. The topological polar surface area (TPSA) is 38.9 Å². The smallest absolute Gasteiger partial charge is 0.123 e. The number of nitrogens with two attached hydrogens (primary N) is 1. The van der Waals surface area contributed by atoms with E-state index in [-0.39, 0.29) is 17.3 Å². The summed E-state index contributed by atoms with van der Waals surface area (Å²) in [7, 11) is 0. The van der Waals surface area contributed by atoms with Crippen LogP contribution in [0.15, 0.2) is 47.2 Å². The highest BCUT2D eigenvalue weighted by molar-refractivity contribution is 9.10. The molecular formula is C16H18BrFN2. The van der Waals surface area contributed by atoms with Gasteiger partial charge in [0.15, 0.2) is 0 Å². The highest BCUT2D eigenvalue weighted by atomic mass is 79.9. The van der Waals surface area contributed by atoms with Crippen LogP contribution in [0.5, 0.6) is 0 Å². The average Bonchev–Trinajstić information content (AvgIpc) is 2.39. The molecule has 0 saturated heterocycles. The summed E-state index contributed by atoms with van der Waals surface area (Å²) in [6.07, 6.45) is 4.29. The Morgan fingerprint density at radius 2 is 1.90 bits per heavy atom. The maximum Gasteiger partial charge on any atom is 0.123 e. The van der Waals surface area contributed by atoms with Crippen molar-refractivity contribution in [1.29, 1.82) is 0 Å². The summed E-state index contributed by atoms with van der Waals surface area (Å²) < 4.78 is 14.0. The number of hydrogen-bond donors (Lipinski definition) is 1. The van der Waals surface area contributed by atoms with Gasteiger partial charge in [0.2, 0.25) is 0 Å². The third-order valence-electron chi connectivity index (χ3n) is 3.73. The predicted octanol–water partition coefficient (Wildman–Crippen LogP) is 3.83. The van der Waals surface area contributed by atoms with Gasteiger partial charge in [-0.3, -0.25) is 4.98 Å². The van der Waals surface area contributed by atoms with E-state index in [1.807, 2.05) is 12.3 Å². The molecule has 0 bridgehead atoms. The van der Waals surface area contributed by atoms with Crippen LogP contribution >= 0.6 is 15.9 Å². The second-order valence-corrected chi connectivity index (χ2v) is 6.47. The van der Waals surface area contributed by atoms with E-state index >= 15 is 0 Å². The van der Waals surface area contributed by atoms with Crippen LogP contribution in [0.2, 0.25) is 0 Å². The Morgan fingerprint density at radius 3 is 2.50 bits per heavy atom. The molecule has 0 fully saturated rings. The first-order valence-electron chi connectivity index (χ1n) is 6.50. The second kappa shape index (κ2) is 6.02. The van der Waals surface area contributed by atoms with Gasteiger partial charge >= 0.3 is 0 Å². The molecule has 0 aliphatic heterocycles. The van der Waals surface area contributed by atoms with E-state index in [0.29, 0.717) is 0 Å². The van der Waals surface area contributed by atoms with Gasteiger partial charge in [-0.05, 0) is 51.7 Å². The van der Waals surface area contributed by atoms with Crippen molar-refractivity contribution >= 4 is 15.9 Å². The summed E-state index contributed by atoms with van der Waals surface area (Å²) in [5.74, 6) is -0.227. The quantitative estimate of drug-likeness (QED) is 0.921. The van der Waals surface area contributed by atoms with Gasteiger partial charge in [-0.15, -0.1) is 0 Å². The maximum absolute atomic E-state index is 13.0. The fraction of sp³-hybridized carbons (Fsp3) is 0.312. The molecule has 1 aromatic heterocycles. The second-order valence-electron chi connectivity index (χ2n) is 5.55. The predicted molar refractivity (Wildman–Crippen MR) is 83.0 cm³/mol. The maximum atomic E-state index is 13.0. The fourth-order valence-corrected chi connectivity index (χ4v) is 2.58. The average molecular weight is 337 g/mol. The lowest BCUT2D eigenvalue weighted by molar-refractivity contribution is 0.405. The molecule has 1 unspecified atom stereocenters. The molecule has 0 aliphatic carbocycles. The van der Waals surface area contributed by atoms with E-state index < -0.39 is 0 Å². The number of hydrogen-bond acceptors (Lipinski definition) is 2. The zero-order chi connectivity index (χ0) is 14.8. The first-order chi connectivity index (χ1) is 9.39.